The molecule has 0 bridgehead atoms. The predicted molar refractivity (Wildman–Crippen MR) is 40.2 cm³/mol. The maximum Gasteiger partial charge on any atom is 0.312 e. The molecule has 0 amide bonds. The number of carbonyl (C=O) groups excluding carboxylic acids is 2. The fourth-order valence-electron chi connectivity index (χ4n) is 0.835. The van der Waals surface area contributed by atoms with Gasteiger partial charge in [-0.3, -0.25) is 9.59 Å². The third-order valence-corrected chi connectivity index (χ3v) is 1.76. The number of cyclic esters (lactones) is 2. The lowest BCUT2D eigenvalue weighted by Gasteiger charge is -2.19. The van der Waals surface area contributed by atoms with Crippen molar-refractivity contribution in [2.75, 3.05) is 13.2 Å². The van der Waals surface area contributed by atoms with Gasteiger partial charge in [0.2, 0.25) is 0 Å². The lowest BCUT2D eigenvalue weighted by atomic mass is 10.1. The van der Waals surface area contributed by atoms with Gasteiger partial charge in [-0.2, -0.15) is 0 Å². The van der Waals surface area contributed by atoms with E-state index in [0.29, 0.717) is 0 Å². The van der Waals surface area contributed by atoms with Gasteiger partial charge in [0.15, 0.2) is 0 Å². The van der Waals surface area contributed by atoms with Crippen molar-refractivity contribution < 1.29 is 19.1 Å². The molecule has 1 fully saturated rings. The minimum Gasteiger partial charge on any atom is -0.464 e. The fourth-order valence-corrected chi connectivity index (χ4v) is 0.835. The predicted octanol–water partition coefficient (Wildman–Crippen LogP) is 0.359. The van der Waals surface area contributed by atoms with E-state index in [1.165, 1.54) is 0 Å². The van der Waals surface area contributed by atoms with Gasteiger partial charge in [-0.25, -0.2) is 0 Å². The van der Waals surface area contributed by atoms with E-state index in [9.17, 15) is 9.59 Å². The molecule has 0 radical (unpaired) electrons. The Morgan fingerprint density at radius 3 is 1.67 bits per heavy atom. The normalized spacial score (nSPS) is 31.5. The summed E-state index contributed by atoms with van der Waals surface area (Å²) in [5.74, 6) is -1.29. The highest BCUT2D eigenvalue weighted by Gasteiger charge is 2.25. The van der Waals surface area contributed by atoms with Gasteiger partial charge in [0, 0.05) is 0 Å². The zero-order valence-electron chi connectivity index (χ0n) is 7.20. The third kappa shape index (κ3) is 1.96. The maximum atomic E-state index is 11.0. The van der Waals surface area contributed by atoms with Gasteiger partial charge < -0.3 is 9.47 Å². The van der Waals surface area contributed by atoms with Crippen molar-refractivity contribution in [1.29, 1.82) is 0 Å². The molecule has 0 aromatic rings. The van der Waals surface area contributed by atoms with Crippen LogP contribution in [-0.4, -0.2) is 25.2 Å². The van der Waals surface area contributed by atoms with Gasteiger partial charge in [-0.05, 0) is 13.8 Å². The summed E-state index contributed by atoms with van der Waals surface area (Å²) < 4.78 is 9.68. The first-order chi connectivity index (χ1) is 5.61. The Labute approximate surface area is 70.8 Å². The van der Waals surface area contributed by atoms with E-state index in [-0.39, 0.29) is 37.0 Å². The smallest absolute Gasteiger partial charge is 0.312 e. The Balaban J connectivity index is 2.57. The van der Waals surface area contributed by atoms with Gasteiger partial charge in [0.1, 0.15) is 13.2 Å². The maximum absolute atomic E-state index is 11.0. The van der Waals surface area contributed by atoms with Crippen molar-refractivity contribution in [2.45, 2.75) is 13.8 Å². The fraction of sp³-hybridized carbons (Fsp3) is 0.750. The summed E-state index contributed by atoms with van der Waals surface area (Å²) in [5, 5.41) is 0. The first kappa shape index (κ1) is 9.03. The van der Waals surface area contributed by atoms with Crippen LogP contribution in [0.3, 0.4) is 0 Å². The molecule has 1 saturated heterocycles. The minimum atomic E-state index is -0.346. The number of rotatable bonds is 0. The first-order valence-corrected chi connectivity index (χ1v) is 3.94. The molecular weight excluding hydrogens is 160 g/mol. The Bertz CT molecular complexity index is 177. The quantitative estimate of drug-likeness (QED) is 0.495. The van der Waals surface area contributed by atoms with Crippen LogP contribution in [0.1, 0.15) is 13.8 Å². The van der Waals surface area contributed by atoms with Crippen LogP contribution in [0.5, 0.6) is 0 Å². The Morgan fingerprint density at radius 2 is 1.33 bits per heavy atom. The van der Waals surface area contributed by atoms with Crippen LogP contribution in [0.15, 0.2) is 0 Å². The monoisotopic (exact) mass is 172 g/mol. The van der Waals surface area contributed by atoms with Crippen molar-refractivity contribution in [3.05, 3.63) is 0 Å². The zero-order valence-corrected chi connectivity index (χ0v) is 7.20. The molecule has 1 aliphatic rings. The first-order valence-electron chi connectivity index (χ1n) is 3.94. The number of hydrogen-bond acceptors (Lipinski definition) is 4. The molecular formula is C8H12O4. The lowest BCUT2D eigenvalue weighted by molar-refractivity contribution is -0.166. The molecule has 2 atom stereocenters. The van der Waals surface area contributed by atoms with Crippen molar-refractivity contribution in [1.82, 2.24) is 0 Å². The number of carbonyl (C=O) groups is 2. The van der Waals surface area contributed by atoms with E-state index in [2.05, 4.69) is 0 Å². The van der Waals surface area contributed by atoms with Crippen LogP contribution >= 0.6 is 0 Å². The second kappa shape index (κ2) is 3.56. The van der Waals surface area contributed by atoms with Crippen LogP contribution in [0.25, 0.3) is 0 Å². The van der Waals surface area contributed by atoms with Crippen LogP contribution in [0.2, 0.25) is 0 Å². The molecule has 0 aromatic carbocycles. The zero-order chi connectivity index (χ0) is 9.14. The molecule has 4 nitrogen and oxygen atoms in total. The van der Waals surface area contributed by atoms with Crippen molar-refractivity contribution in [3.8, 4) is 0 Å². The molecule has 0 spiro atoms. The molecule has 1 rings (SSSR count). The molecule has 0 aliphatic carbocycles. The Hall–Kier alpha value is -1.06. The van der Waals surface area contributed by atoms with Crippen LogP contribution < -0.4 is 0 Å². The minimum absolute atomic E-state index is 0.127. The number of ether oxygens (including phenoxy) is 2. The van der Waals surface area contributed by atoms with E-state index < -0.39 is 0 Å². The molecule has 4 heteroatoms. The highest BCUT2D eigenvalue weighted by atomic mass is 16.6. The summed E-state index contributed by atoms with van der Waals surface area (Å²) in [6.45, 7) is 3.60. The molecule has 0 saturated carbocycles. The topological polar surface area (TPSA) is 52.6 Å². The average Bonchev–Trinajstić information content (AvgIpc) is 2.07. The number of hydrogen-bond donors (Lipinski definition) is 0. The highest BCUT2D eigenvalue weighted by Crippen LogP contribution is 2.09. The summed E-state index contributed by atoms with van der Waals surface area (Å²) in [5.41, 5.74) is 0. The highest BCUT2D eigenvalue weighted by molar-refractivity contribution is 5.76. The van der Waals surface area contributed by atoms with Crippen molar-refractivity contribution in [2.24, 2.45) is 11.8 Å². The largest absolute Gasteiger partial charge is 0.464 e. The summed E-state index contributed by atoms with van der Waals surface area (Å²) in [6.07, 6.45) is 0. The summed E-state index contributed by atoms with van der Waals surface area (Å²) in [6, 6.07) is 0. The third-order valence-electron chi connectivity index (χ3n) is 1.76. The second-order valence-electron chi connectivity index (χ2n) is 3.06. The van der Waals surface area contributed by atoms with Gasteiger partial charge in [-0.15, -0.1) is 0 Å². The van der Waals surface area contributed by atoms with Crippen LogP contribution in [-0.2, 0) is 19.1 Å². The van der Waals surface area contributed by atoms with Gasteiger partial charge >= 0.3 is 11.9 Å². The van der Waals surface area contributed by atoms with Crippen molar-refractivity contribution >= 4 is 11.9 Å². The van der Waals surface area contributed by atoms with Crippen LogP contribution in [0.4, 0.5) is 0 Å². The van der Waals surface area contributed by atoms with E-state index in [1.807, 2.05) is 0 Å². The molecule has 2 unspecified atom stereocenters. The molecule has 1 heterocycles. The summed E-state index contributed by atoms with van der Waals surface area (Å²) in [4.78, 5) is 22.0. The number of esters is 2. The summed E-state index contributed by atoms with van der Waals surface area (Å²) in [7, 11) is 0. The molecule has 0 aromatic heterocycles. The molecule has 0 N–H and O–H groups in total. The van der Waals surface area contributed by atoms with E-state index in [1.54, 1.807) is 13.8 Å². The van der Waals surface area contributed by atoms with E-state index in [4.69, 9.17) is 9.47 Å². The summed E-state index contributed by atoms with van der Waals surface area (Å²) >= 11 is 0. The van der Waals surface area contributed by atoms with Crippen molar-refractivity contribution in [3.63, 3.8) is 0 Å². The molecule has 12 heavy (non-hydrogen) atoms. The van der Waals surface area contributed by atoms with Crippen LogP contribution in [0, 0.1) is 11.8 Å². The Kier molecular flexibility index (Phi) is 2.68. The SMILES string of the molecule is CC1COC(=O)C(C)COC1=O. The van der Waals surface area contributed by atoms with E-state index in [0.717, 1.165) is 0 Å². The Morgan fingerprint density at radius 1 is 1.00 bits per heavy atom. The molecule has 1 aliphatic heterocycles. The van der Waals surface area contributed by atoms with Gasteiger partial charge in [0.05, 0.1) is 11.8 Å². The van der Waals surface area contributed by atoms with Gasteiger partial charge in [-0.1, -0.05) is 0 Å². The second-order valence-corrected chi connectivity index (χ2v) is 3.06. The standard InChI is InChI=1S/C8H12O4/c1-5-3-11-8(10)6(2)4-12-7(5)9/h5-6H,3-4H2,1-2H3. The van der Waals surface area contributed by atoms with Gasteiger partial charge in [0.25, 0.3) is 0 Å². The molecule has 68 valence electrons. The average molecular weight is 172 g/mol. The van der Waals surface area contributed by atoms with E-state index >= 15 is 0 Å². The lowest BCUT2D eigenvalue weighted by Crippen LogP contribution is -2.31.